The number of nitrogens with zero attached hydrogens (tertiary/aromatic N) is 1. The summed E-state index contributed by atoms with van der Waals surface area (Å²) in [5.41, 5.74) is 3.40. The zero-order valence-corrected chi connectivity index (χ0v) is 9.42. The normalized spacial score (nSPS) is 14.9. The maximum absolute atomic E-state index is 13.6. The first-order valence-corrected chi connectivity index (χ1v) is 4.73. The van der Waals surface area contributed by atoms with Crippen LogP contribution < -0.4 is 5.73 Å². The highest BCUT2D eigenvalue weighted by molar-refractivity contribution is 5.85. The molecule has 0 aliphatic carbocycles. The summed E-state index contributed by atoms with van der Waals surface area (Å²) in [5.74, 6) is -2.37. The van der Waals surface area contributed by atoms with Gasteiger partial charge >= 0.3 is 0 Å². The van der Waals surface area contributed by atoms with Gasteiger partial charge in [0.2, 0.25) is 5.91 Å². The maximum Gasteiger partial charge on any atom is 0.242 e. The fourth-order valence-electron chi connectivity index (χ4n) is 1.53. The van der Waals surface area contributed by atoms with E-state index in [0.29, 0.717) is 0 Å². The summed E-state index contributed by atoms with van der Waals surface area (Å²) in [6.45, 7) is 1.39. The van der Waals surface area contributed by atoms with Crippen molar-refractivity contribution in [1.82, 2.24) is 4.90 Å². The Morgan fingerprint density at radius 1 is 1.31 bits per heavy atom. The number of likely N-dealkylation sites (N-methyl/N-ethyl adjacent to an activating group) is 1. The van der Waals surface area contributed by atoms with Crippen LogP contribution in [0.25, 0.3) is 0 Å². The molecule has 2 N–H and O–H groups in total. The van der Waals surface area contributed by atoms with Crippen molar-refractivity contribution in [3.8, 4) is 0 Å². The molecule has 16 heavy (non-hydrogen) atoms. The quantitative estimate of drug-likeness (QED) is 0.845. The minimum atomic E-state index is -1.50. The van der Waals surface area contributed by atoms with Gasteiger partial charge in [0.1, 0.15) is 17.2 Å². The van der Waals surface area contributed by atoms with Crippen molar-refractivity contribution in [2.24, 2.45) is 5.73 Å². The molecule has 0 fully saturated rings. The topological polar surface area (TPSA) is 46.3 Å². The highest BCUT2D eigenvalue weighted by Gasteiger charge is 2.40. The lowest BCUT2D eigenvalue weighted by molar-refractivity contribution is -0.128. The van der Waals surface area contributed by atoms with Crippen LogP contribution in [0.5, 0.6) is 0 Å². The number of carbonyl (C=O) groups excluding carboxylic acids is 1. The largest absolute Gasteiger partial charge is 0.368 e. The number of hydrogen-bond acceptors (Lipinski definition) is 2. The lowest BCUT2D eigenvalue weighted by atomic mass is 9.89. The monoisotopic (exact) mass is 228 g/mol. The third kappa shape index (κ3) is 1.78. The van der Waals surface area contributed by atoms with Gasteiger partial charge in [0.25, 0.3) is 0 Å². The fourth-order valence-corrected chi connectivity index (χ4v) is 1.53. The van der Waals surface area contributed by atoms with E-state index >= 15 is 0 Å². The summed E-state index contributed by atoms with van der Waals surface area (Å²) >= 11 is 0. The zero-order chi connectivity index (χ0) is 12.5. The SMILES string of the molecule is CN(C)C(C)(C(N)=O)c1c(F)cccc1F. The molecule has 5 heteroatoms. The average molecular weight is 228 g/mol. The van der Waals surface area contributed by atoms with Gasteiger partial charge in [0.15, 0.2) is 0 Å². The van der Waals surface area contributed by atoms with E-state index in [2.05, 4.69) is 0 Å². The molecule has 1 amide bonds. The average Bonchev–Trinajstić information content (AvgIpc) is 2.16. The van der Waals surface area contributed by atoms with Gasteiger partial charge in [-0.2, -0.15) is 0 Å². The number of nitrogens with two attached hydrogens (primary N) is 1. The van der Waals surface area contributed by atoms with Gasteiger partial charge in [0, 0.05) is 0 Å². The van der Waals surface area contributed by atoms with Crippen molar-refractivity contribution in [3.05, 3.63) is 35.4 Å². The van der Waals surface area contributed by atoms with Crippen molar-refractivity contribution in [2.45, 2.75) is 12.5 Å². The molecule has 0 bridgehead atoms. The van der Waals surface area contributed by atoms with Crippen LogP contribution >= 0.6 is 0 Å². The van der Waals surface area contributed by atoms with Gasteiger partial charge in [-0.3, -0.25) is 9.69 Å². The van der Waals surface area contributed by atoms with Crippen LogP contribution in [0.2, 0.25) is 0 Å². The molecule has 0 saturated carbocycles. The molecule has 88 valence electrons. The Hall–Kier alpha value is -1.49. The number of primary amides is 1. The van der Waals surface area contributed by atoms with Gasteiger partial charge < -0.3 is 5.73 Å². The van der Waals surface area contributed by atoms with E-state index in [1.54, 1.807) is 0 Å². The van der Waals surface area contributed by atoms with Crippen molar-refractivity contribution in [3.63, 3.8) is 0 Å². The highest BCUT2D eigenvalue weighted by atomic mass is 19.1. The number of hydrogen-bond donors (Lipinski definition) is 1. The number of carbonyl (C=O) groups is 1. The molecule has 1 unspecified atom stereocenters. The Balaban J connectivity index is 3.50. The van der Waals surface area contributed by atoms with Crippen LogP contribution in [0.4, 0.5) is 8.78 Å². The molecule has 3 nitrogen and oxygen atoms in total. The smallest absolute Gasteiger partial charge is 0.242 e. The molecule has 0 saturated heterocycles. The van der Waals surface area contributed by atoms with Crippen molar-refractivity contribution in [1.29, 1.82) is 0 Å². The van der Waals surface area contributed by atoms with Crippen molar-refractivity contribution >= 4 is 5.91 Å². The summed E-state index contributed by atoms with van der Waals surface area (Å²) < 4.78 is 27.2. The van der Waals surface area contributed by atoms with Crippen molar-refractivity contribution < 1.29 is 13.6 Å². The fraction of sp³-hybridized carbons (Fsp3) is 0.364. The van der Waals surface area contributed by atoms with E-state index in [0.717, 1.165) is 12.1 Å². The van der Waals surface area contributed by atoms with Crippen LogP contribution in [-0.2, 0) is 10.3 Å². The molecule has 0 aromatic heterocycles. The van der Waals surface area contributed by atoms with Crippen molar-refractivity contribution in [2.75, 3.05) is 14.1 Å². The predicted molar refractivity (Wildman–Crippen MR) is 56.6 cm³/mol. The van der Waals surface area contributed by atoms with E-state index in [9.17, 15) is 13.6 Å². The highest BCUT2D eigenvalue weighted by Crippen LogP contribution is 2.30. The first-order valence-electron chi connectivity index (χ1n) is 4.73. The molecule has 1 aromatic rings. The summed E-state index contributed by atoms with van der Waals surface area (Å²) in [4.78, 5) is 12.8. The lowest BCUT2D eigenvalue weighted by Gasteiger charge is -2.34. The molecular formula is C11H14F2N2O. The molecule has 0 radical (unpaired) electrons. The Labute approximate surface area is 92.8 Å². The summed E-state index contributed by atoms with van der Waals surface area (Å²) in [6, 6.07) is 3.44. The Bertz CT molecular complexity index is 400. The zero-order valence-electron chi connectivity index (χ0n) is 9.42. The van der Waals surface area contributed by atoms with Crippen LogP contribution in [0.1, 0.15) is 12.5 Å². The van der Waals surface area contributed by atoms with Crippen LogP contribution in [-0.4, -0.2) is 24.9 Å². The summed E-state index contributed by atoms with van der Waals surface area (Å²) in [5, 5.41) is 0. The summed E-state index contributed by atoms with van der Waals surface area (Å²) in [7, 11) is 3.08. The van der Waals surface area contributed by atoms with E-state index in [4.69, 9.17) is 5.73 Å². The third-order valence-electron chi connectivity index (χ3n) is 2.82. The molecule has 0 aliphatic heterocycles. The molecule has 1 rings (SSSR count). The van der Waals surface area contributed by atoms with E-state index < -0.39 is 23.1 Å². The van der Waals surface area contributed by atoms with Gasteiger partial charge in [-0.05, 0) is 33.2 Å². The molecule has 0 spiro atoms. The second-order valence-electron chi connectivity index (χ2n) is 3.93. The minimum absolute atomic E-state index is 0.326. The van der Waals surface area contributed by atoms with E-state index in [1.807, 2.05) is 0 Å². The number of rotatable bonds is 3. The second-order valence-corrected chi connectivity index (χ2v) is 3.93. The van der Waals surface area contributed by atoms with Crippen LogP contribution in [0.15, 0.2) is 18.2 Å². The summed E-state index contributed by atoms with van der Waals surface area (Å²) in [6.07, 6.45) is 0. The first kappa shape index (κ1) is 12.6. The van der Waals surface area contributed by atoms with E-state index in [1.165, 1.54) is 32.0 Å². The van der Waals surface area contributed by atoms with Gasteiger partial charge in [0.05, 0.1) is 5.56 Å². The van der Waals surface area contributed by atoms with Crippen LogP contribution in [0.3, 0.4) is 0 Å². The minimum Gasteiger partial charge on any atom is -0.368 e. The first-order chi connectivity index (χ1) is 7.31. The third-order valence-corrected chi connectivity index (χ3v) is 2.82. The molecular weight excluding hydrogens is 214 g/mol. The van der Waals surface area contributed by atoms with Gasteiger partial charge in [-0.1, -0.05) is 6.07 Å². The number of benzene rings is 1. The standard InChI is InChI=1S/C11H14F2N2O/c1-11(10(14)16,15(2)3)9-7(12)5-4-6-8(9)13/h4-6H,1-3H3,(H2,14,16). The Kier molecular flexibility index (Phi) is 3.28. The van der Waals surface area contributed by atoms with E-state index in [-0.39, 0.29) is 5.56 Å². The van der Waals surface area contributed by atoms with Gasteiger partial charge in [-0.15, -0.1) is 0 Å². The van der Waals surface area contributed by atoms with Crippen LogP contribution in [0, 0.1) is 11.6 Å². The molecule has 1 atom stereocenters. The molecule has 0 heterocycles. The lowest BCUT2D eigenvalue weighted by Crippen LogP contribution is -2.50. The Morgan fingerprint density at radius 2 is 1.75 bits per heavy atom. The Morgan fingerprint density at radius 3 is 2.06 bits per heavy atom. The predicted octanol–water partition coefficient (Wildman–Crippen LogP) is 1.23. The molecule has 1 aromatic carbocycles. The number of amides is 1. The van der Waals surface area contributed by atoms with Gasteiger partial charge in [-0.25, -0.2) is 8.78 Å². The second kappa shape index (κ2) is 4.17. The molecule has 0 aliphatic rings. The number of halogens is 2. The maximum atomic E-state index is 13.6.